The molecule has 11 nitrogen and oxygen atoms in total. The normalized spacial score (nSPS) is 37.5. The number of rotatable bonds is 8. The molecule has 0 amide bonds. The number of aliphatic hydroxyl groups excluding tert-OH is 1. The summed E-state index contributed by atoms with van der Waals surface area (Å²) < 4.78 is 15.9. The Labute approximate surface area is 239 Å². The van der Waals surface area contributed by atoms with Crippen LogP contribution in [0.25, 0.3) is 0 Å². The van der Waals surface area contributed by atoms with Crippen molar-refractivity contribution in [1.82, 2.24) is 0 Å². The minimum absolute atomic E-state index is 0.0625. The van der Waals surface area contributed by atoms with Gasteiger partial charge in [-0.05, 0) is 61.2 Å². The molecule has 0 radical (unpaired) electrons. The van der Waals surface area contributed by atoms with E-state index in [1.165, 1.54) is 12.2 Å². The number of carboxylic acids is 1. The first kappa shape index (κ1) is 31.2. The summed E-state index contributed by atoms with van der Waals surface area (Å²) in [5.41, 5.74) is -3.37. The molecule has 0 spiro atoms. The molecule has 2 heterocycles. The number of ether oxygens (including phenoxy) is 3. The van der Waals surface area contributed by atoms with Crippen LogP contribution in [0.1, 0.15) is 53.4 Å². The van der Waals surface area contributed by atoms with E-state index in [-0.39, 0.29) is 47.8 Å². The first-order chi connectivity index (χ1) is 19.2. The van der Waals surface area contributed by atoms with Gasteiger partial charge in [0.05, 0.1) is 29.6 Å². The molecule has 4 rings (SSSR count). The van der Waals surface area contributed by atoms with Gasteiger partial charge in [0.1, 0.15) is 31.0 Å². The second kappa shape index (κ2) is 11.9. The maximum absolute atomic E-state index is 13.2. The van der Waals surface area contributed by atoms with Gasteiger partial charge in [-0.25, -0.2) is 9.59 Å². The lowest BCUT2D eigenvalue weighted by Crippen LogP contribution is -2.55. The summed E-state index contributed by atoms with van der Waals surface area (Å²) in [6, 6.07) is 0. The van der Waals surface area contributed by atoms with Crippen LogP contribution >= 0.6 is 0 Å². The van der Waals surface area contributed by atoms with E-state index in [1.807, 2.05) is 27.7 Å². The van der Waals surface area contributed by atoms with Gasteiger partial charge in [0.15, 0.2) is 0 Å². The molecule has 0 unspecified atom stereocenters. The number of aliphatic carboxylic acids is 1. The summed E-state index contributed by atoms with van der Waals surface area (Å²) in [6.07, 6.45) is 4.55. The molecule has 1 saturated heterocycles. The van der Waals surface area contributed by atoms with Crippen LogP contribution in [0.4, 0.5) is 0 Å². The van der Waals surface area contributed by atoms with Crippen molar-refractivity contribution in [3.8, 4) is 0 Å². The molecular formula is C30H42O11. The number of allylic oxidation sites excluding steroid dienone is 2. The summed E-state index contributed by atoms with van der Waals surface area (Å²) in [7, 11) is 0. The monoisotopic (exact) mass is 578 g/mol. The highest BCUT2D eigenvalue weighted by Crippen LogP contribution is 2.50. The molecule has 3 fully saturated rings. The number of esters is 3. The van der Waals surface area contributed by atoms with Crippen molar-refractivity contribution in [3.05, 3.63) is 23.3 Å². The average molecular weight is 579 g/mol. The first-order valence-electron chi connectivity index (χ1n) is 14.4. The second-order valence-electron chi connectivity index (χ2n) is 12.8. The molecule has 2 aliphatic carbocycles. The van der Waals surface area contributed by atoms with E-state index < -0.39 is 78.6 Å². The van der Waals surface area contributed by atoms with Crippen molar-refractivity contribution in [2.24, 2.45) is 47.3 Å². The number of hydrogen-bond donors (Lipinski definition) is 4. The molecule has 11 heteroatoms. The molecule has 2 saturated carbocycles. The van der Waals surface area contributed by atoms with E-state index in [0.29, 0.717) is 19.3 Å². The maximum atomic E-state index is 13.2. The fraction of sp³-hybridized carbons (Fsp3) is 0.733. The van der Waals surface area contributed by atoms with Crippen molar-refractivity contribution in [2.75, 3.05) is 26.4 Å². The number of hydrogen-bond acceptors (Lipinski definition) is 10. The highest BCUT2D eigenvalue weighted by atomic mass is 16.6. The van der Waals surface area contributed by atoms with Gasteiger partial charge in [0.25, 0.3) is 0 Å². The maximum Gasteiger partial charge on any atom is 0.336 e. The van der Waals surface area contributed by atoms with E-state index in [4.69, 9.17) is 14.2 Å². The van der Waals surface area contributed by atoms with E-state index in [1.54, 1.807) is 0 Å². The molecule has 8 atom stereocenters. The van der Waals surface area contributed by atoms with Crippen LogP contribution in [-0.2, 0) is 33.4 Å². The number of carbonyl (C=O) groups is 4. The molecule has 0 aromatic rings. The summed E-state index contributed by atoms with van der Waals surface area (Å²) in [6.45, 7) is 6.09. The number of aliphatic hydroxyl groups is 3. The van der Waals surface area contributed by atoms with Crippen LogP contribution in [0.5, 0.6) is 0 Å². The van der Waals surface area contributed by atoms with Gasteiger partial charge in [-0.3, -0.25) is 9.59 Å². The van der Waals surface area contributed by atoms with Gasteiger partial charge in [0.2, 0.25) is 0 Å². The summed E-state index contributed by atoms with van der Waals surface area (Å²) in [5, 5.41) is 42.5. The van der Waals surface area contributed by atoms with Crippen LogP contribution in [0.15, 0.2) is 23.3 Å². The quantitative estimate of drug-likeness (QED) is 0.187. The predicted molar refractivity (Wildman–Crippen MR) is 143 cm³/mol. The average Bonchev–Trinajstić information content (AvgIpc) is 3.09. The molecule has 228 valence electrons. The van der Waals surface area contributed by atoms with Crippen LogP contribution < -0.4 is 0 Å². The van der Waals surface area contributed by atoms with Crippen LogP contribution in [-0.4, -0.2) is 81.9 Å². The Morgan fingerprint density at radius 2 is 1.66 bits per heavy atom. The zero-order chi connectivity index (χ0) is 30.3. The van der Waals surface area contributed by atoms with Gasteiger partial charge >= 0.3 is 23.9 Å². The lowest BCUT2D eigenvalue weighted by molar-refractivity contribution is -0.181. The Morgan fingerprint density at radius 1 is 1.02 bits per heavy atom. The zero-order valence-corrected chi connectivity index (χ0v) is 24.1. The van der Waals surface area contributed by atoms with Crippen LogP contribution in [0.2, 0.25) is 0 Å². The molecule has 0 aromatic carbocycles. The Morgan fingerprint density at radius 3 is 2.27 bits per heavy atom. The molecule has 4 aliphatic rings. The highest BCUT2D eigenvalue weighted by Gasteiger charge is 2.58. The fourth-order valence-corrected chi connectivity index (χ4v) is 7.45. The standard InChI is InChI=1S/C30H42O11/c1-15(2)19-5-8-30(38)14-41-28(36)24(30)21(19)9-17(11-31)26(34)40-13-29(37)7-6-20(16(3)4)22-10-18(25(32)33)12-39-27(35)23(22)29/h9-10,15-16,19-24,31,37-38H,5-8,11-14H2,1-4H3,(H,32,33)/b17-9+/t19-,20-,21-,22-,23-,24-,29-,30-/m1/s1. The first-order valence-corrected chi connectivity index (χ1v) is 14.4. The fourth-order valence-electron chi connectivity index (χ4n) is 7.45. The van der Waals surface area contributed by atoms with Crippen molar-refractivity contribution in [3.63, 3.8) is 0 Å². The Kier molecular flexibility index (Phi) is 9.01. The lowest BCUT2D eigenvalue weighted by Gasteiger charge is -2.46. The largest absolute Gasteiger partial charge is 0.478 e. The molecule has 41 heavy (non-hydrogen) atoms. The Balaban J connectivity index is 1.59. The summed E-state index contributed by atoms with van der Waals surface area (Å²) in [5.74, 6) is -6.66. The molecule has 4 N–H and O–H groups in total. The zero-order valence-electron chi connectivity index (χ0n) is 24.1. The van der Waals surface area contributed by atoms with Crippen molar-refractivity contribution in [2.45, 2.75) is 64.6 Å². The van der Waals surface area contributed by atoms with E-state index in [9.17, 15) is 39.6 Å². The highest BCUT2D eigenvalue weighted by molar-refractivity contribution is 5.90. The third-order valence-electron chi connectivity index (χ3n) is 9.74. The third-order valence-corrected chi connectivity index (χ3v) is 9.74. The summed E-state index contributed by atoms with van der Waals surface area (Å²) >= 11 is 0. The van der Waals surface area contributed by atoms with Gasteiger partial charge in [-0.1, -0.05) is 39.8 Å². The minimum Gasteiger partial charge on any atom is -0.478 e. The van der Waals surface area contributed by atoms with Crippen LogP contribution in [0.3, 0.4) is 0 Å². The molecule has 0 aromatic heterocycles. The van der Waals surface area contributed by atoms with Gasteiger partial charge in [0, 0.05) is 0 Å². The second-order valence-corrected chi connectivity index (χ2v) is 12.8. The molecule has 0 bridgehead atoms. The number of cyclic esters (lactones) is 2. The molecular weight excluding hydrogens is 536 g/mol. The smallest absolute Gasteiger partial charge is 0.336 e. The van der Waals surface area contributed by atoms with Gasteiger partial charge in [-0.15, -0.1) is 0 Å². The van der Waals surface area contributed by atoms with Gasteiger partial charge < -0.3 is 34.6 Å². The Bertz CT molecular complexity index is 1120. The predicted octanol–water partition coefficient (Wildman–Crippen LogP) is 1.63. The van der Waals surface area contributed by atoms with Gasteiger partial charge in [-0.2, -0.15) is 0 Å². The SMILES string of the molecule is CC(C)[C@H]1CC[C@@](O)(COC(=O)/C(=C/[C@@H]2[C@@H](C(C)C)CC[C@@]3(O)COC(=O)[C@@H]23)CO)[C@H]2C(=O)OCC(C(=O)O)=C[C@H]12. The number of carboxylic acid groups (broad SMARTS) is 1. The van der Waals surface area contributed by atoms with E-state index in [0.717, 1.165) is 0 Å². The van der Waals surface area contributed by atoms with E-state index >= 15 is 0 Å². The summed E-state index contributed by atoms with van der Waals surface area (Å²) in [4.78, 5) is 50.7. The van der Waals surface area contributed by atoms with Crippen molar-refractivity contribution < 1.29 is 53.8 Å². The van der Waals surface area contributed by atoms with E-state index in [2.05, 4.69) is 0 Å². The minimum atomic E-state index is -1.82. The van der Waals surface area contributed by atoms with Crippen LogP contribution in [0, 0.1) is 47.3 Å². The molecule has 2 aliphatic heterocycles. The number of carbonyl (C=O) groups excluding carboxylic acids is 3. The third kappa shape index (κ3) is 5.94. The lowest BCUT2D eigenvalue weighted by atomic mass is 9.61. The Hall–Kier alpha value is -2.76. The van der Waals surface area contributed by atoms with Crippen molar-refractivity contribution in [1.29, 1.82) is 0 Å². The topological polar surface area (TPSA) is 177 Å². The number of fused-ring (bicyclic) bond motifs is 2. The van der Waals surface area contributed by atoms with Crippen molar-refractivity contribution >= 4 is 23.9 Å².